The molecule has 8 heteroatoms. The number of thioether (sulfide) groups is 1. The fraction of sp³-hybridized carbons (Fsp3) is 0.364. The van der Waals surface area contributed by atoms with Crippen molar-refractivity contribution in [1.82, 2.24) is 14.8 Å². The number of halogens is 1. The molecule has 3 rings (SSSR count). The van der Waals surface area contributed by atoms with Crippen LogP contribution in [0.1, 0.15) is 18.9 Å². The lowest BCUT2D eigenvalue weighted by Crippen LogP contribution is -2.03. The van der Waals surface area contributed by atoms with Crippen molar-refractivity contribution in [3.05, 3.63) is 15.9 Å². The van der Waals surface area contributed by atoms with Gasteiger partial charge in [0.1, 0.15) is 0 Å². The van der Waals surface area contributed by atoms with Crippen LogP contribution < -0.4 is 0 Å². The molecule has 1 saturated carbocycles. The van der Waals surface area contributed by atoms with Crippen LogP contribution in [0, 0.1) is 0 Å². The van der Waals surface area contributed by atoms with Crippen LogP contribution in [0.25, 0.3) is 10.7 Å². The van der Waals surface area contributed by atoms with Gasteiger partial charge in [-0.15, -0.1) is 21.5 Å². The highest BCUT2D eigenvalue weighted by molar-refractivity contribution is 9.10. The summed E-state index contributed by atoms with van der Waals surface area (Å²) in [6.07, 6.45) is 2.21. The van der Waals surface area contributed by atoms with Crippen LogP contribution in [0.2, 0.25) is 0 Å². The third-order valence-corrected chi connectivity index (χ3v) is 5.48. The van der Waals surface area contributed by atoms with Gasteiger partial charge in [0.25, 0.3) is 0 Å². The average Bonchev–Trinajstić information content (AvgIpc) is 2.98. The Labute approximate surface area is 126 Å². The van der Waals surface area contributed by atoms with Crippen LogP contribution in [0.3, 0.4) is 0 Å². The first-order valence-corrected chi connectivity index (χ1v) is 8.35. The second-order valence-electron chi connectivity index (χ2n) is 4.19. The molecular weight excluding hydrogens is 350 g/mol. The molecule has 2 aromatic heterocycles. The van der Waals surface area contributed by atoms with Crippen LogP contribution in [0.5, 0.6) is 0 Å². The summed E-state index contributed by atoms with van der Waals surface area (Å²) in [6, 6.07) is 2.39. The molecule has 0 saturated heterocycles. The second-order valence-corrected chi connectivity index (χ2v) is 6.90. The summed E-state index contributed by atoms with van der Waals surface area (Å²) in [5.41, 5.74) is 0. The quantitative estimate of drug-likeness (QED) is 0.829. The van der Waals surface area contributed by atoms with E-state index in [1.807, 2.05) is 11.4 Å². The Morgan fingerprint density at radius 2 is 2.37 bits per heavy atom. The Kier molecular flexibility index (Phi) is 3.64. The van der Waals surface area contributed by atoms with Gasteiger partial charge in [-0.05, 0) is 40.2 Å². The topological polar surface area (TPSA) is 68.0 Å². The molecule has 19 heavy (non-hydrogen) atoms. The summed E-state index contributed by atoms with van der Waals surface area (Å²) in [5, 5.41) is 19.8. The Balaban J connectivity index is 1.97. The molecule has 2 heterocycles. The average molecular weight is 360 g/mol. The molecule has 0 amide bonds. The summed E-state index contributed by atoms with van der Waals surface area (Å²) in [5.74, 6) is 0.00248. The molecule has 0 radical (unpaired) electrons. The number of hydrogen-bond donors (Lipinski definition) is 1. The smallest absolute Gasteiger partial charge is 0.313 e. The zero-order chi connectivity index (χ0) is 13.4. The van der Waals surface area contributed by atoms with Crippen molar-refractivity contribution in [2.75, 3.05) is 5.75 Å². The molecule has 0 aromatic carbocycles. The number of carboxylic acid groups (broad SMARTS) is 1. The SMILES string of the molecule is O=C(O)CSc1nnc(-c2sccc2Br)n1C1CC1. The Hall–Kier alpha value is -0.860. The highest BCUT2D eigenvalue weighted by Gasteiger charge is 2.31. The number of nitrogens with zero attached hydrogens (tertiary/aromatic N) is 3. The van der Waals surface area contributed by atoms with Crippen LogP contribution in [0.4, 0.5) is 0 Å². The van der Waals surface area contributed by atoms with Crippen LogP contribution >= 0.6 is 39.0 Å². The zero-order valence-corrected chi connectivity index (χ0v) is 13.0. The Bertz CT molecular complexity index is 621. The van der Waals surface area contributed by atoms with Crippen molar-refractivity contribution in [2.24, 2.45) is 0 Å². The normalized spacial score (nSPS) is 14.8. The summed E-state index contributed by atoms with van der Waals surface area (Å²) in [7, 11) is 0. The number of hydrogen-bond acceptors (Lipinski definition) is 5. The molecule has 1 aliphatic carbocycles. The van der Waals surface area contributed by atoms with E-state index in [9.17, 15) is 4.79 Å². The molecule has 0 bridgehead atoms. The minimum absolute atomic E-state index is 0.0104. The van der Waals surface area contributed by atoms with E-state index in [0.29, 0.717) is 11.2 Å². The van der Waals surface area contributed by atoms with E-state index in [0.717, 1.165) is 28.0 Å². The van der Waals surface area contributed by atoms with E-state index in [1.165, 1.54) is 11.8 Å². The fourth-order valence-corrected chi connectivity index (χ4v) is 4.03. The highest BCUT2D eigenvalue weighted by Crippen LogP contribution is 2.43. The maximum atomic E-state index is 10.7. The van der Waals surface area contributed by atoms with E-state index >= 15 is 0 Å². The summed E-state index contributed by atoms with van der Waals surface area (Å²) in [4.78, 5) is 11.7. The van der Waals surface area contributed by atoms with Gasteiger partial charge in [-0.2, -0.15) is 0 Å². The van der Waals surface area contributed by atoms with Crippen LogP contribution in [0.15, 0.2) is 21.1 Å². The maximum Gasteiger partial charge on any atom is 0.313 e. The van der Waals surface area contributed by atoms with Crippen molar-refractivity contribution >= 4 is 45.0 Å². The lowest BCUT2D eigenvalue weighted by Gasteiger charge is -2.07. The zero-order valence-electron chi connectivity index (χ0n) is 9.74. The third-order valence-electron chi connectivity index (χ3n) is 2.72. The number of aromatic nitrogens is 3. The van der Waals surface area contributed by atoms with Gasteiger partial charge in [0.05, 0.1) is 10.6 Å². The molecular formula is C11H10BrN3O2S2. The number of thiophene rings is 1. The Morgan fingerprint density at radius 3 is 2.95 bits per heavy atom. The predicted octanol–water partition coefficient (Wildman–Crippen LogP) is 3.28. The molecule has 2 aromatic rings. The third kappa shape index (κ3) is 2.70. The van der Waals surface area contributed by atoms with Crippen molar-refractivity contribution in [2.45, 2.75) is 24.0 Å². The number of rotatable bonds is 5. The first kappa shape index (κ1) is 13.1. The standard InChI is InChI=1S/C11H10BrN3O2S2/c12-7-3-4-18-9(7)10-13-14-11(19-5-8(16)17)15(10)6-1-2-6/h3-4,6H,1-2,5H2,(H,16,17). The van der Waals surface area contributed by atoms with Crippen molar-refractivity contribution in [3.8, 4) is 10.7 Å². The largest absolute Gasteiger partial charge is 0.481 e. The van der Waals surface area contributed by atoms with Gasteiger partial charge in [0, 0.05) is 10.5 Å². The van der Waals surface area contributed by atoms with Crippen molar-refractivity contribution in [1.29, 1.82) is 0 Å². The first-order chi connectivity index (χ1) is 9.16. The highest BCUT2D eigenvalue weighted by atomic mass is 79.9. The number of carboxylic acids is 1. The van der Waals surface area contributed by atoms with Crippen molar-refractivity contribution < 1.29 is 9.90 Å². The second kappa shape index (κ2) is 5.26. The van der Waals surface area contributed by atoms with E-state index in [1.54, 1.807) is 11.3 Å². The number of carbonyl (C=O) groups is 1. The molecule has 1 N–H and O–H groups in total. The van der Waals surface area contributed by atoms with Gasteiger partial charge in [-0.3, -0.25) is 9.36 Å². The molecule has 0 aliphatic heterocycles. The summed E-state index contributed by atoms with van der Waals surface area (Å²) in [6.45, 7) is 0. The predicted molar refractivity (Wildman–Crippen MR) is 77.7 cm³/mol. The monoisotopic (exact) mass is 359 g/mol. The van der Waals surface area contributed by atoms with Crippen LogP contribution in [-0.4, -0.2) is 31.6 Å². The molecule has 1 aliphatic rings. The minimum Gasteiger partial charge on any atom is -0.481 e. The van der Waals surface area contributed by atoms with Crippen LogP contribution in [-0.2, 0) is 4.79 Å². The first-order valence-electron chi connectivity index (χ1n) is 5.69. The summed E-state index contributed by atoms with van der Waals surface area (Å²) >= 11 is 6.34. The van der Waals surface area contributed by atoms with E-state index < -0.39 is 5.97 Å². The van der Waals surface area contributed by atoms with E-state index in [2.05, 4.69) is 30.7 Å². The van der Waals surface area contributed by atoms with Gasteiger partial charge in [-0.1, -0.05) is 11.8 Å². The van der Waals surface area contributed by atoms with Gasteiger partial charge in [-0.25, -0.2) is 0 Å². The lowest BCUT2D eigenvalue weighted by atomic mass is 10.4. The maximum absolute atomic E-state index is 10.7. The van der Waals surface area contributed by atoms with Gasteiger partial charge < -0.3 is 5.11 Å². The van der Waals surface area contributed by atoms with Crippen molar-refractivity contribution in [3.63, 3.8) is 0 Å². The fourth-order valence-electron chi connectivity index (χ4n) is 1.77. The Morgan fingerprint density at radius 1 is 1.58 bits per heavy atom. The van der Waals surface area contributed by atoms with E-state index in [4.69, 9.17) is 5.11 Å². The summed E-state index contributed by atoms with van der Waals surface area (Å²) < 4.78 is 3.08. The molecule has 1 fully saturated rings. The minimum atomic E-state index is -0.839. The number of aliphatic carboxylic acids is 1. The van der Waals surface area contributed by atoms with Gasteiger partial charge in [0.2, 0.25) is 0 Å². The lowest BCUT2D eigenvalue weighted by molar-refractivity contribution is -0.133. The van der Waals surface area contributed by atoms with Gasteiger partial charge in [0.15, 0.2) is 11.0 Å². The molecule has 100 valence electrons. The van der Waals surface area contributed by atoms with Gasteiger partial charge >= 0.3 is 5.97 Å². The molecule has 5 nitrogen and oxygen atoms in total. The van der Waals surface area contributed by atoms with E-state index in [-0.39, 0.29) is 5.75 Å². The molecule has 0 unspecified atom stereocenters. The molecule has 0 spiro atoms. The molecule has 0 atom stereocenters.